The van der Waals surface area contributed by atoms with Crippen LogP contribution in [0.2, 0.25) is 0 Å². The zero-order valence-electron chi connectivity index (χ0n) is 16.5. The first kappa shape index (κ1) is 19.0. The Hall–Kier alpha value is -2.35. The van der Waals surface area contributed by atoms with Gasteiger partial charge in [-0.15, -0.1) is 11.3 Å². The summed E-state index contributed by atoms with van der Waals surface area (Å²) in [6.07, 6.45) is 0. The lowest BCUT2D eigenvalue weighted by Gasteiger charge is -2.22. The smallest absolute Gasteiger partial charge is 0.199 e. The number of aryl methyl sites for hydroxylation is 1. The van der Waals surface area contributed by atoms with Crippen LogP contribution < -0.4 is 0 Å². The van der Waals surface area contributed by atoms with Crippen LogP contribution in [-0.4, -0.2) is 31.3 Å². The van der Waals surface area contributed by atoms with Crippen molar-refractivity contribution in [2.24, 2.45) is 7.05 Å². The molecule has 0 bridgehead atoms. The predicted molar refractivity (Wildman–Crippen MR) is 118 cm³/mol. The molecule has 0 radical (unpaired) electrons. The number of benzene rings is 2. The van der Waals surface area contributed by atoms with E-state index in [4.69, 9.17) is 22.3 Å². The molecule has 0 saturated carbocycles. The normalized spacial score (nSPS) is 12.8. The summed E-state index contributed by atoms with van der Waals surface area (Å²) in [5, 5.41) is 5.92. The summed E-state index contributed by atoms with van der Waals surface area (Å²) in [6.45, 7) is 4.88. The number of hydrogen-bond acceptors (Lipinski definition) is 5. The van der Waals surface area contributed by atoms with Gasteiger partial charge >= 0.3 is 0 Å². The number of aromatic nitrogens is 4. The molecule has 5 nitrogen and oxygen atoms in total. The summed E-state index contributed by atoms with van der Waals surface area (Å²) < 4.78 is 5.80. The van der Waals surface area contributed by atoms with Gasteiger partial charge in [0.05, 0.1) is 22.9 Å². The zero-order chi connectivity index (χ0) is 19.8. The van der Waals surface area contributed by atoms with Crippen LogP contribution in [0, 0.1) is 11.7 Å². The first-order chi connectivity index (χ1) is 13.5. The minimum atomic E-state index is 0.170. The summed E-state index contributed by atoms with van der Waals surface area (Å²) in [7, 11) is 4.06. The molecular weight excluding hydrogens is 386 g/mol. The van der Waals surface area contributed by atoms with Gasteiger partial charge < -0.3 is 4.57 Å². The summed E-state index contributed by atoms with van der Waals surface area (Å²) in [6, 6.07) is 16.7. The van der Waals surface area contributed by atoms with Crippen molar-refractivity contribution >= 4 is 33.8 Å². The van der Waals surface area contributed by atoms with Crippen LogP contribution in [-0.2, 0) is 13.7 Å². The van der Waals surface area contributed by atoms with Crippen molar-refractivity contribution < 1.29 is 0 Å². The van der Waals surface area contributed by atoms with E-state index in [9.17, 15) is 0 Å². The lowest BCUT2D eigenvalue weighted by atomic mass is 10.1. The first-order valence-corrected chi connectivity index (χ1v) is 10.4. The van der Waals surface area contributed by atoms with E-state index in [0.717, 1.165) is 21.9 Å². The van der Waals surface area contributed by atoms with Crippen LogP contribution in [0.25, 0.3) is 21.6 Å². The fourth-order valence-corrected chi connectivity index (χ4v) is 4.50. The third-order valence-electron chi connectivity index (χ3n) is 5.11. The molecule has 0 unspecified atom stereocenters. The summed E-state index contributed by atoms with van der Waals surface area (Å²) >= 11 is 7.40. The minimum absolute atomic E-state index is 0.170. The zero-order valence-corrected chi connectivity index (χ0v) is 18.1. The molecule has 1 atom stereocenters. The summed E-state index contributed by atoms with van der Waals surface area (Å²) in [5.74, 6) is 0.893. The Balaban J connectivity index is 1.61. The molecule has 0 fully saturated rings. The highest BCUT2D eigenvalue weighted by molar-refractivity contribution is 7.71. The Labute approximate surface area is 173 Å². The second kappa shape index (κ2) is 7.58. The van der Waals surface area contributed by atoms with Gasteiger partial charge in [-0.1, -0.05) is 36.4 Å². The van der Waals surface area contributed by atoms with Crippen molar-refractivity contribution in [1.82, 2.24) is 24.2 Å². The third kappa shape index (κ3) is 3.41. The highest BCUT2D eigenvalue weighted by atomic mass is 32.1. The van der Waals surface area contributed by atoms with Crippen LogP contribution in [0.15, 0.2) is 48.5 Å². The van der Waals surface area contributed by atoms with E-state index in [1.807, 2.05) is 34.5 Å². The molecule has 0 aliphatic rings. The van der Waals surface area contributed by atoms with Crippen molar-refractivity contribution in [1.29, 1.82) is 0 Å². The lowest BCUT2D eigenvalue weighted by Crippen LogP contribution is -2.26. The average Bonchev–Trinajstić information content (AvgIpc) is 3.24. The van der Waals surface area contributed by atoms with Gasteiger partial charge in [0, 0.05) is 12.6 Å². The molecule has 0 aliphatic carbocycles. The van der Waals surface area contributed by atoms with E-state index < -0.39 is 0 Å². The highest BCUT2D eigenvalue weighted by Gasteiger charge is 2.19. The van der Waals surface area contributed by atoms with Crippen molar-refractivity contribution in [2.75, 3.05) is 7.05 Å². The van der Waals surface area contributed by atoms with Gasteiger partial charge in [-0.2, -0.15) is 5.10 Å². The largest absolute Gasteiger partial charge is 0.303 e. The SMILES string of the molecule is Cc1ccccc1-c1nn(CN(C)[C@H](C)c2nc3ccccc3s2)c(=S)n1C. The van der Waals surface area contributed by atoms with Crippen molar-refractivity contribution in [2.45, 2.75) is 26.6 Å². The standard InChI is InChI=1S/C21H23N5S2/c1-14-9-5-6-10-16(14)19-23-26(21(27)25(19)4)13-24(3)15(2)20-22-17-11-7-8-12-18(17)28-20/h5-12,15H,13H2,1-4H3/t15-/m1/s1. The maximum absolute atomic E-state index is 5.66. The molecule has 0 spiro atoms. The summed E-state index contributed by atoms with van der Waals surface area (Å²) in [4.78, 5) is 7.02. The van der Waals surface area contributed by atoms with Gasteiger partial charge in [0.25, 0.3) is 0 Å². The van der Waals surface area contributed by atoms with E-state index >= 15 is 0 Å². The molecule has 0 aliphatic heterocycles. The number of rotatable bonds is 5. The van der Waals surface area contributed by atoms with Gasteiger partial charge in [0.1, 0.15) is 5.01 Å². The Morgan fingerprint density at radius 3 is 2.61 bits per heavy atom. The molecule has 0 saturated heterocycles. The van der Waals surface area contributed by atoms with Crippen LogP contribution in [0.5, 0.6) is 0 Å². The lowest BCUT2D eigenvalue weighted by molar-refractivity contribution is 0.194. The van der Waals surface area contributed by atoms with Crippen molar-refractivity contribution in [3.63, 3.8) is 0 Å². The first-order valence-electron chi connectivity index (χ1n) is 9.21. The van der Waals surface area contributed by atoms with E-state index in [0.29, 0.717) is 11.4 Å². The highest BCUT2D eigenvalue weighted by Crippen LogP contribution is 2.29. The van der Waals surface area contributed by atoms with Gasteiger partial charge in [0.2, 0.25) is 0 Å². The quantitative estimate of drug-likeness (QED) is 0.425. The Morgan fingerprint density at radius 2 is 1.86 bits per heavy atom. The maximum Gasteiger partial charge on any atom is 0.199 e. The Kier molecular flexibility index (Phi) is 5.14. The fourth-order valence-electron chi connectivity index (χ4n) is 3.23. The van der Waals surface area contributed by atoms with Gasteiger partial charge in [0.15, 0.2) is 10.6 Å². The minimum Gasteiger partial charge on any atom is -0.303 e. The van der Waals surface area contributed by atoms with Crippen molar-refractivity contribution in [3.8, 4) is 11.4 Å². The number of thiazole rings is 1. The molecule has 2 heterocycles. The average molecular weight is 410 g/mol. The van der Waals surface area contributed by atoms with E-state index in [2.05, 4.69) is 56.1 Å². The fraction of sp³-hybridized carbons (Fsp3) is 0.286. The van der Waals surface area contributed by atoms with E-state index in [-0.39, 0.29) is 6.04 Å². The molecule has 4 aromatic rings. The molecule has 144 valence electrons. The number of nitrogens with zero attached hydrogens (tertiary/aromatic N) is 5. The van der Waals surface area contributed by atoms with Crippen LogP contribution in [0.3, 0.4) is 0 Å². The number of hydrogen-bond donors (Lipinski definition) is 0. The van der Waals surface area contributed by atoms with Crippen LogP contribution in [0.4, 0.5) is 0 Å². The molecule has 2 aromatic heterocycles. The number of para-hydroxylation sites is 1. The maximum atomic E-state index is 5.66. The molecule has 0 amide bonds. The second-order valence-corrected chi connectivity index (χ2v) is 8.50. The van der Waals surface area contributed by atoms with Gasteiger partial charge in [-0.05, 0) is 50.8 Å². The van der Waals surface area contributed by atoms with Crippen LogP contribution >= 0.6 is 23.6 Å². The summed E-state index contributed by atoms with van der Waals surface area (Å²) in [5.41, 5.74) is 3.35. The van der Waals surface area contributed by atoms with Crippen molar-refractivity contribution in [3.05, 3.63) is 63.9 Å². The second-order valence-electron chi connectivity index (χ2n) is 7.07. The molecule has 28 heavy (non-hydrogen) atoms. The molecular formula is C21H23N5S2. The topological polar surface area (TPSA) is 38.9 Å². The third-order valence-corrected chi connectivity index (χ3v) is 6.80. The van der Waals surface area contributed by atoms with Crippen LogP contribution in [0.1, 0.15) is 23.5 Å². The molecule has 2 aromatic carbocycles. The Bertz CT molecular complexity index is 1150. The molecule has 7 heteroatoms. The predicted octanol–water partition coefficient (Wildman–Crippen LogP) is 5.19. The monoisotopic (exact) mass is 409 g/mol. The molecule has 4 rings (SSSR count). The number of fused-ring (bicyclic) bond motifs is 1. The van der Waals surface area contributed by atoms with E-state index in [1.165, 1.54) is 10.3 Å². The Morgan fingerprint density at radius 1 is 1.14 bits per heavy atom. The van der Waals surface area contributed by atoms with Gasteiger partial charge in [-0.25, -0.2) is 9.67 Å². The van der Waals surface area contributed by atoms with E-state index in [1.54, 1.807) is 11.3 Å². The van der Waals surface area contributed by atoms with Gasteiger partial charge in [-0.3, -0.25) is 4.90 Å². The molecule has 0 N–H and O–H groups in total.